The minimum absolute atomic E-state index is 0.0752. The Bertz CT molecular complexity index is 717. The number of aromatic nitrogens is 3. The van der Waals surface area contributed by atoms with E-state index in [0.29, 0.717) is 13.0 Å². The Hall–Kier alpha value is -1.67. The van der Waals surface area contributed by atoms with Crippen molar-refractivity contribution < 1.29 is 17.9 Å². The molecule has 1 aliphatic rings. The summed E-state index contributed by atoms with van der Waals surface area (Å²) >= 11 is 5.59. The number of halogens is 4. The van der Waals surface area contributed by atoms with Crippen molar-refractivity contribution in [2.45, 2.75) is 25.7 Å². The lowest BCUT2D eigenvalue weighted by atomic mass is 10.2. The molecule has 1 fully saturated rings. The molecule has 0 bridgehead atoms. The molecule has 22 heavy (non-hydrogen) atoms. The van der Waals surface area contributed by atoms with Crippen molar-refractivity contribution in [2.75, 3.05) is 18.1 Å². The summed E-state index contributed by atoms with van der Waals surface area (Å²) in [6, 6.07) is -0.710. The standard InChI is InChI=1S/C13H12ClF3N4O/c1-6-11(16)22-4-2-3-21(6)12-7-5-18-10(14)8(15)9(7)19-13(17)20-12/h5-6,11H,2-4H2,1H3/t6?,11-/m0/s1. The summed E-state index contributed by atoms with van der Waals surface area (Å²) in [6.45, 7) is 2.21. The lowest BCUT2D eigenvalue weighted by Crippen LogP contribution is -2.40. The van der Waals surface area contributed by atoms with Crippen molar-refractivity contribution in [3.63, 3.8) is 0 Å². The highest BCUT2D eigenvalue weighted by atomic mass is 35.5. The van der Waals surface area contributed by atoms with Crippen LogP contribution in [-0.2, 0) is 4.74 Å². The number of hydrogen-bond acceptors (Lipinski definition) is 5. The van der Waals surface area contributed by atoms with Crippen molar-refractivity contribution >= 4 is 28.3 Å². The van der Waals surface area contributed by atoms with Crippen LogP contribution >= 0.6 is 11.6 Å². The van der Waals surface area contributed by atoms with Gasteiger partial charge in [-0.15, -0.1) is 0 Å². The quantitative estimate of drug-likeness (QED) is 0.593. The summed E-state index contributed by atoms with van der Waals surface area (Å²) in [4.78, 5) is 12.4. The summed E-state index contributed by atoms with van der Waals surface area (Å²) in [6.07, 6.45) is -0.889. The van der Waals surface area contributed by atoms with Gasteiger partial charge in [0.2, 0.25) is 6.36 Å². The van der Waals surface area contributed by atoms with Gasteiger partial charge in [0.05, 0.1) is 18.0 Å². The van der Waals surface area contributed by atoms with Gasteiger partial charge in [0.1, 0.15) is 11.3 Å². The van der Waals surface area contributed by atoms with Crippen LogP contribution in [0.5, 0.6) is 0 Å². The second-order valence-corrected chi connectivity index (χ2v) is 5.31. The van der Waals surface area contributed by atoms with Gasteiger partial charge in [0.15, 0.2) is 11.0 Å². The number of hydrogen-bond donors (Lipinski definition) is 0. The second kappa shape index (κ2) is 5.85. The van der Waals surface area contributed by atoms with E-state index in [4.69, 9.17) is 16.3 Å². The van der Waals surface area contributed by atoms with E-state index in [2.05, 4.69) is 15.0 Å². The molecule has 3 rings (SSSR count). The van der Waals surface area contributed by atoms with E-state index in [1.54, 1.807) is 6.92 Å². The van der Waals surface area contributed by atoms with Crippen molar-refractivity contribution in [3.8, 4) is 0 Å². The third kappa shape index (κ3) is 2.56. The minimum Gasteiger partial charge on any atom is -0.348 e. The number of anilines is 1. The van der Waals surface area contributed by atoms with E-state index >= 15 is 0 Å². The molecule has 5 nitrogen and oxygen atoms in total. The van der Waals surface area contributed by atoms with E-state index in [9.17, 15) is 13.2 Å². The molecule has 3 heterocycles. The van der Waals surface area contributed by atoms with Crippen LogP contribution in [0.15, 0.2) is 6.20 Å². The lowest BCUT2D eigenvalue weighted by molar-refractivity contribution is -0.0424. The number of pyridine rings is 1. The fourth-order valence-corrected chi connectivity index (χ4v) is 2.56. The number of ether oxygens (including phenoxy) is 1. The first-order valence-electron chi connectivity index (χ1n) is 6.68. The normalized spacial score (nSPS) is 22.9. The van der Waals surface area contributed by atoms with Crippen LogP contribution in [0.2, 0.25) is 5.15 Å². The first-order chi connectivity index (χ1) is 10.5. The average molecular weight is 333 g/mol. The molecule has 0 aromatic carbocycles. The molecule has 0 aliphatic carbocycles. The molecule has 118 valence electrons. The second-order valence-electron chi connectivity index (χ2n) is 4.95. The average Bonchev–Trinajstić information content (AvgIpc) is 2.65. The lowest BCUT2D eigenvalue weighted by Gasteiger charge is -2.29. The van der Waals surface area contributed by atoms with Crippen LogP contribution in [0.25, 0.3) is 10.9 Å². The van der Waals surface area contributed by atoms with Gasteiger partial charge in [-0.25, -0.2) is 13.8 Å². The molecule has 2 aromatic heterocycles. The van der Waals surface area contributed by atoms with Gasteiger partial charge in [-0.3, -0.25) is 0 Å². The largest absolute Gasteiger partial charge is 0.348 e. The van der Waals surface area contributed by atoms with Crippen LogP contribution in [0, 0.1) is 11.9 Å². The van der Waals surface area contributed by atoms with Gasteiger partial charge >= 0.3 is 6.08 Å². The Morgan fingerprint density at radius 1 is 1.36 bits per heavy atom. The highest BCUT2D eigenvalue weighted by molar-refractivity contribution is 6.30. The van der Waals surface area contributed by atoms with Gasteiger partial charge in [-0.05, 0) is 13.3 Å². The van der Waals surface area contributed by atoms with Gasteiger partial charge in [-0.1, -0.05) is 11.6 Å². The highest BCUT2D eigenvalue weighted by Gasteiger charge is 2.30. The smallest absolute Gasteiger partial charge is 0.311 e. The van der Waals surface area contributed by atoms with Crippen LogP contribution in [0.1, 0.15) is 13.3 Å². The summed E-state index contributed by atoms with van der Waals surface area (Å²) in [5.41, 5.74) is -0.282. The van der Waals surface area contributed by atoms with Crippen LogP contribution in [0.3, 0.4) is 0 Å². The maximum Gasteiger partial charge on any atom is 0.311 e. The minimum atomic E-state index is -1.55. The number of fused-ring (bicyclic) bond motifs is 1. The molecule has 0 spiro atoms. The molecule has 0 amide bonds. The molecular formula is C13H12ClF3N4O. The fourth-order valence-electron chi connectivity index (χ4n) is 2.43. The summed E-state index contributed by atoms with van der Waals surface area (Å²) in [7, 11) is 0. The summed E-state index contributed by atoms with van der Waals surface area (Å²) < 4.78 is 46.6. The molecule has 0 saturated carbocycles. The van der Waals surface area contributed by atoms with Crippen LogP contribution in [-0.4, -0.2) is 40.5 Å². The summed E-state index contributed by atoms with van der Waals surface area (Å²) in [5, 5.41) is -0.239. The molecule has 2 atom stereocenters. The van der Waals surface area contributed by atoms with E-state index in [-0.39, 0.29) is 23.3 Å². The molecule has 9 heteroatoms. The van der Waals surface area contributed by atoms with Crippen molar-refractivity contribution in [2.24, 2.45) is 0 Å². The number of rotatable bonds is 1. The molecule has 0 N–H and O–H groups in total. The monoisotopic (exact) mass is 332 g/mol. The Balaban J connectivity index is 2.19. The van der Waals surface area contributed by atoms with Gasteiger partial charge in [0.25, 0.3) is 0 Å². The third-order valence-corrected chi connectivity index (χ3v) is 3.82. The molecule has 1 aliphatic heterocycles. The Morgan fingerprint density at radius 3 is 2.91 bits per heavy atom. The topological polar surface area (TPSA) is 51.1 Å². The third-order valence-electron chi connectivity index (χ3n) is 3.56. The van der Waals surface area contributed by atoms with Gasteiger partial charge in [0, 0.05) is 12.7 Å². The molecule has 1 unspecified atom stereocenters. The summed E-state index contributed by atoms with van der Waals surface area (Å²) in [5.74, 6) is -0.858. The Labute approximate surface area is 129 Å². The predicted molar refractivity (Wildman–Crippen MR) is 74.5 cm³/mol. The molecule has 1 saturated heterocycles. The van der Waals surface area contributed by atoms with Crippen molar-refractivity contribution in [1.29, 1.82) is 0 Å². The van der Waals surface area contributed by atoms with E-state index in [1.807, 2.05) is 0 Å². The highest BCUT2D eigenvalue weighted by Crippen LogP contribution is 2.30. The zero-order valence-electron chi connectivity index (χ0n) is 11.6. The zero-order valence-corrected chi connectivity index (χ0v) is 12.3. The van der Waals surface area contributed by atoms with Crippen LogP contribution < -0.4 is 4.90 Å². The first-order valence-corrected chi connectivity index (χ1v) is 7.06. The number of alkyl halides is 1. The van der Waals surface area contributed by atoms with Crippen molar-refractivity contribution in [3.05, 3.63) is 23.2 Å². The molecule has 0 radical (unpaired) electrons. The first kappa shape index (κ1) is 15.2. The molecule has 2 aromatic rings. The maximum atomic E-state index is 14.0. The molecular weight excluding hydrogens is 321 g/mol. The maximum absolute atomic E-state index is 14.0. The van der Waals surface area contributed by atoms with Gasteiger partial charge < -0.3 is 9.64 Å². The Morgan fingerprint density at radius 2 is 2.14 bits per heavy atom. The van der Waals surface area contributed by atoms with E-state index in [1.165, 1.54) is 11.1 Å². The van der Waals surface area contributed by atoms with Crippen LogP contribution in [0.4, 0.5) is 19.0 Å². The zero-order chi connectivity index (χ0) is 15.9. The predicted octanol–water partition coefficient (Wildman–Crippen LogP) is 2.87. The fraction of sp³-hybridized carbons (Fsp3) is 0.462. The van der Waals surface area contributed by atoms with E-state index in [0.717, 1.165) is 0 Å². The Kier molecular flexibility index (Phi) is 4.05. The van der Waals surface area contributed by atoms with Gasteiger partial charge in [-0.2, -0.15) is 14.4 Å². The number of nitrogens with zero attached hydrogens (tertiary/aromatic N) is 4. The van der Waals surface area contributed by atoms with Crippen molar-refractivity contribution in [1.82, 2.24) is 15.0 Å². The SMILES string of the molecule is CC1[C@@H](F)OCCCN1c1nc(F)nc2c(F)c(Cl)ncc12. The van der Waals surface area contributed by atoms with E-state index < -0.39 is 29.4 Å².